The Kier molecular flexibility index (Phi) is 8.47. The lowest BCUT2D eigenvalue weighted by atomic mass is 9.36. The van der Waals surface area contributed by atoms with Crippen molar-refractivity contribution in [2.45, 2.75) is 110 Å². The second kappa shape index (κ2) is 13.3. The van der Waals surface area contributed by atoms with Crippen molar-refractivity contribution < 1.29 is 8.78 Å². The third kappa shape index (κ3) is 5.39. The number of benzene rings is 6. The number of nitrogens with zero attached hydrogens (tertiary/aromatic N) is 3. The quantitative estimate of drug-likeness (QED) is 0.164. The molecule has 1 unspecified atom stereocenters. The molecule has 1 aromatic heterocycles. The fourth-order valence-electron chi connectivity index (χ4n) is 11.7. The Hall–Kier alpha value is -5.40. The van der Waals surface area contributed by atoms with Crippen LogP contribution in [0.15, 0.2) is 115 Å². The first-order valence-electron chi connectivity index (χ1n) is 22.4. The van der Waals surface area contributed by atoms with Gasteiger partial charge in [-0.1, -0.05) is 110 Å². The van der Waals surface area contributed by atoms with Crippen molar-refractivity contribution in [2.24, 2.45) is 0 Å². The van der Waals surface area contributed by atoms with Gasteiger partial charge in [-0.25, -0.2) is 8.78 Å². The molecule has 0 bridgehead atoms. The van der Waals surface area contributed by atoms with Gasteiger partial charge in [0.15, 0.2) is 0 Å². The minimum atomic E-state index is -0.384. The summed E-state index contributed by atoms with van der Waals surface area (Å²) in [5.41, 5.74) is 14.6. The molecule has 7 aromatic rings. The maximum absolute atomic E-state index is 16.3. The molecule has 11 rings (SSSR count). The molecular weight excluding hydrogens is 784 g/mol. The monoisotopic (exact) mass is 837 g/mol. The van der Waals surface area contributed by atoms with Gasteiger partial charge in [0.2, 0.25) is 0 Å². The Labute approximate surface area is 370 Å². The normalized spacial score (nSPS) is 20.0. The third-order valence-electron chi connectivity index (χ3n) is 15.1. The van der Waals surface area contributed by atoms with E-state index in [2.05, 4.69) is 139 Å². The zero-order chi connectivity index (χ0) is 43.2. The molecule has 6 aromatic carbocycles. The second-order valence-corrected chi connectivity index (χ2v) is 21.9. The number of para-hydroxylation sites is 2. The molecule has 1 saturated carbocycles. The lowest BCUT2D eigenvalue weighted by Gasteiger charge is -2.52. The Morgan fingerprint density at radius 2 is 1.27 bits per heavy atom. The van der Waals surface area contributed by atoms with E-state index in [9.17, 15) is 0 Å². The molecule has 1 aliphatic carbocycles. The van der Waals surface area contributed by atoms with Crippen molar-refractivity contribution in [1.29, 1.82) is 0 Å². The molecule has 3 aliphatic heterocycles. The highest BCUT2D eigenvalue weighted by Crippen LogP contribution is 2.65. The summed E-state index contributed by atoms with van der Waals surface area (Å²) in [6, 6.07) is 39.4. The van der Waals surface area contributed by atoms with Gasteiger partial charge in [-0.15, -0.1) is 11.3 Å². The molecule has 2 atom stereocenters. The number of rotatable bonds is 4. The summed E-state index contributed by atoms with van der Waals surface area (Å²) >= 11 is 1.92. The van der Waals surface area contributed by atoms with Crippen LogP contribution in [0.2, 0.25) is 0 Å². The first-order chi connectivity index (χ1) is 29.5. The van der Waals surface area contributed by atoms with Crippen LogP contribution in [0.5, 0.6) is 0 Å². The van der Waals surface area contributed by atoms with Crippen molar-refractivity contribution in [3.63, 3.8) is 0 Å². The SMILES string of the molecule is Cc1cc2c3c(c1)N1c4c(ccc(N(c5ccccc5F)c5ccccc5F)c4[C@@]4(C)CCCCC14C)B3c1sc3ccc(C(C)(C)C)cc3c1N2c1ccc(C(C)(C)C)cc1. The number of hydrogen-bond acceptors (Lipinski definition) is 4. The van der Waals surface area contributed by atoms with Gasteiger partial charge in [0.05, 0.1) is 28.3 Å². The Balaban J connectivity index is 1.25. The summed E-state index contributed by atoms with van der Waals surface area (Å²) in [6.07, 6.45) is 4.19. The van der Waals surface area contributed by atoms with Crippen molar-refractivity contribution in [2.75, 3.05) is 14.7 Å². The fraction of sp³-hybridized carbons (Fsp3) is 0.309. The minimum absolute atomic E-state index is 0.0238. The molecule has 0 radical (unpaired) electrons. The standard InChI is InChI=1S/C55H54BF2N3S/c1-33-30-44-48-45(31-33)61-50-38(56(48)51-49(37-32-35(53(5,6)7)22-27-46(37)62-51)59(44)36-23-20-34(21-24-36)52(2,3)4)25-26-43(47(50)54(8)28-14-15-29-55(54,61)9)60(41-18-12-10-16-39(41)57)42-19-13-11-17-40(42)58/h10-13,16-27,30-32H,14-15,28-29H2,1-9H3/t54-,55?/m1/s1. The zero-order valence-corrected chi connectivity index (χ0v) is 38.2. The van der Waals surface area contributed by atoms with E-state index >= 15 is 8.78 Å². The van der Waals surface area contributed by atoms with E-state index in [0.29, 0.717) is 11.4 Å². The molecule has 3 nitrogen and oxygen atoms in total. The van der Waals surface area contributed by atoms with Crippen molar-refractivity contribution >= 4 is 89.3 Å². The Morgan fingerprint density at radius 1 is 0.661 bits per heavy atom. The second-order valence-electron chi connectivity index (χ2n) is 20.8. The number of anilines is 8. The molecule has 0 amide bonds. The first kappa shape index (κ1) is 39.5. The molecule has 0 spiro atoms. The van der Waals surface area contributed by atoms with Crippen molar-refractivity contribution in [1.82, 2.24) is 0 Å². The van der Waals surface area contributed by atoms with Crippen LogP contribution in [0.25, 0.3) is 10.1 Å². The van der Waals surface area contributed by atoms with Crippen LogP contribution in [0, 0.1) is 18.6 Å². The number of hydrogen-bond donors (Lipinski definition) is 0. The van der Waals surface area contributed by atoms with Crippen LogP contribution in [-0.4, -0.2) is 12.3 Å². The number of thiophene rings is 1. The minimum Gasteiger partial charge on any atom is -0.335 e. The predicted molar refractivity (Wildman–Crippen MR) is 261 cm³/mol. The maximum atomic E-state index is 16.3. The molecule has 0 N–H and O–H groups in total. The largest absolute Gasteiger partial charge is 0.335 e. The summed E-state index contributed by atoms with van der Waals surface area (Å²) in [7, 11) is 0. The van der Waals surface area contributed by atoms with Crippen molar-refractivity contribution in [3.05, 3.63) is 149 Å². The highest BCUT2D eigenvalue weighted by atomic mass is 32.1. The number of fused-ring (bicyclic) bond motifs is 9. The van der Waals surface area contributed by atoms with Gasteiger partial charge in [0.25, 0.3) is 6.71 Å². The highest BCUT2D eigenvalue weighted by molar-refractivity contribution is 7.33. The number of aryl methyl sites for hydroxylation is 1. The van der Waals surface area contributed by atoms with E-state index in [-0.39, 0.29) is 40.1 Å². The van der Waals surface area contributed by atoms with E-state index in [4.69, 9.17) is 0 Å². The molecule has 7 heteroatoms. The molecule has 4 heterocycles. The average Bonchev–Trinajstić information content (AvgIpc) is 3.71. The lowest BCUT2D eigenvalue weighted by Crippen LogP contribution is -2.64. The summed E-state index contributed by atoms with van der Waals surface area (Å²) in [4.78, 5) is 7.15. The summed E-state index contributed by atoms with van der Waals surface area (Å²) < 4.78 is 35.2. The van der Waals surface area contributed by atoms with E-state index in [1.807, 2.05) is 28.4 Å². The van der Waals surface area contributed by atoms with Crippen LogP contribution in [0.1, 0.15) is 103 Å². The Morgan fingerprint density at radius 3 is 1.92 bits per heavy atom. The van der Waals surface area contributed by atoms with Crippen LogP contribution in [0.4, 0.5) is 54.3 Å². The van der Waals surface area contributed by atoms with Gasteiger partial charge in [-0.05, 0) is 132 Å². The average molecular weight is 838 g/mol. The highest BCUT2D eigenvalue weighted by Gasteiger charge is 2.63. The van der Waals surface area contributed by atoms with Crippen LogP contribution >= 0.6 is 11.3 Å². The van der Waals surface area contributed by atoms with Crippen LogP contribution in [0.3, 0.4) is 0 Å². The van der Waals surface area contributed by atoms with Gasteiger partial charge in [0, 0.05) is 48.6 Å². The van der Waals surface area contributed by atoms with Gasteiger partial charge in [0.1, 0.15) is 11.6 Å². The molecular formula is C55H54BF2N3S. The lowest BCUT2D eigenvalue weighted by molar-refractivity contribution is 0.195. The summed E-state index contributed by atoms with van der Waals surface area (Å²) in [5.74, 6) is -0.768. The molecule has 4 aliphatic rings. The molecule has 62 heavy (non-hydrogen) atoms. The van der Waals surface area contributed by atoms with E-state index in [1.54, 1.807) is 24.3 Å². The zero-order valence-electron chi connectivity index (χ0n) is 37.4. The molecule has 0 saturated heterocycles. The van der Waals surface area contributed by atoms with Gasteiger partial charge >= 0.3 is 0 Å². The van der Waals surface area contributed by atoms with Gasteiger partial charge in [-0.3, -0.25) is 0 Å². The van der Waals surface area contributed by atoms with Gasteiger partial charge in [-0.2, -0.15) is 0 Å². The number of halogens is 2. The summed E-state index contributed by atoms with van der Waals surface area (Å²) in [6.45, 7) is 20.8. The topological polar surface area (TPSA) is 9.72 Å². The molecule has 312 valence electrons. The Bertz CT molecular complexity index is 2950. The third-order valence-corrected chi connectivity index (χ3v) is 16.3. The van der Waals surface area contributed by atoms with Crippen molar-refractivity contribution in [3.8, 4) is 0 Å². The summed E-state index contributed by atoms with van der Waals surface area (Å²) in [5, 5.41) is 1.28. The predicted octanol–water partition coefficient (Wildman–Crippen LogP) is 13.9. The van der Waals surface area contributed by atoms with E-state index < -0.39 is 0 Å². The van der Waals surface area contributed by atoms with Crippen LogP contribution < -0.4 is 30.4 Å². The van der Waals surface area contributed by atoms with Crippen LogP contribution in [-0.2, 0) is 16.2 Å². The van der Waals surface area contributed by atoms with E-state index in [1.165, 1.54) is 82.9 Å². The smallest absolute Gasteiger partial charge is 0.264 e. The fourth-order valence-corrected chi connectivity index (χ4v) is 13.0. The van der Waals surface area contributed by atoms with E-state index in [0.717, 1.165) is 37.1 Å². The first-order valence-corrected chi connectivity index (χ1v) is 23.2. The molecule has 1 fully saturated rings. The van der Waals surface area contributed by atoms with Gasteiger partial charge < -0.3 is 14.7 Å². The maximum Gasteiger partial charge on any atom is 0.264 e.